The lowest BCUT2D eigenvalue weighted by atomic mass is 9.75. The van der Waals surface area contributed by atoms with Gasteiger partial charge in [-0.1, -0.05) is 19.3 Å². The van der Waals surface area contributed by atoms with Crippen molar-refractivity contribution in [1.29, 1.82) is 0 Å². The molecule has 2 rings (SSSR count). The Kier molecular flexibility index (Phi) is 2.54. The van der Waals surface area contributed by atoms with Crippen molar-refractivity contribution in [2.75, 3.05) is 13.1 Å². The van der Waals surface area contributed by atoms with Crippen LogP contribution in [0.4, 0.5) is 8.78 Å². The molecule has 1 saturated heterocycles. The summed E-state index contributed by atoms with van der Waals surface area (Å²) in [4.78, 5) is 0. The Morgan fingerprint density at radius 3 is 2.54 bits per heavy atom. The van der Waals surface area contributed by atoms with Gasteiger partial charge in [-0.15, -0.1) is 0 Å². The normalized spacial score (nSPS) is 34.2. The van der Waals surface area contributed by atoms with E-state index in [9.17, 15) is 8.78 Å². The quantitative estimate of drug-likeness (QED) is 0.703. The molecular weight excluding hydrogens is 172 g/mol. The summed E-state index contributed by atoms with van der Waals surface area (Å²) in [5.41, 5.74) is 0. The third-order valence-corrected chi connectivity index (χ3v) is 3.47. The summed E-state index contributed by atoms with van der Waals surface area (Å²) in [7, 11) is 0. The molecule has 0 radical (unpaired) electrons. The number of alkyl halides is 2. The Morgan fingerprint density at radius 1 is 1.23 bits per heavy atom. The number of halogens is 2. The van der Waals surface area contributed by atoms with E-state index in [1.807, 2.05) is 0 Å². The molecule has 0 aromatic carbocycles. The van der Waals surface area contributed by atoms with Gasteiger partial charge >= 0.3 is 0 Å². The highest BCUT2D eigenvalue weighted by Gasteiger charge is 2.42. The molecule has 1 N–H and O–H groups in total. The van der Waals surface area contributed by atoms with Gasteiger partial charge in [0.25, 0.3) is 5.92 Å². The third kappa shape index (κ3) is 2.01. The van der Waals surface area contributed by atoms with Crippen LogP contribution in [0.2, 0.25) is 0 Å². The van der Waals surface area contributed by atoms with Crippen LogP contribution >= 0.6 is 0 Å². The number of hydrogen-bond donors (Lipinski definition) is 1. The molecular formula is C10H17F2N. The average Bonchev–Trinajstić information content (AvgIpc) is 1.98. The molecule has 0 spiro atoms. The average molecular weight is 189 g/mol. The van der Waals surface area contributed by atoms with Crippen molar-refractivity contribution in [2.24, 2.45) is 11.8 Å². The van der Waals surface area contributed by atoms with E-state index in [0.717, 1.165) is 13.0 Å². The Bertz CT molecular complexity index is 178. The van der Waals surface area contributed by atoms with Crippen LogP contribution in [0.15, 0.2) is 0 Å². The largest absolute Gasteiger partial charge is 0.311 e. The van der Waals surface area contributed by atoms with E-state index < -0.39 is 5.92 Å². The van der Waals surface area contributed by atoms with Crippen molar-refractivity contribution in [3.05, 3.63) is 0 Å². The molecule has 3 heteroatoms. The molecule has 1 aliphatic heterocycles. The summed E-state index contributed by atoms with van der Waals surface area (Å²) in [5, 5.41) is 2.76. The van der Waals surface area contributed by atoms with Gasteiger partial charge in [-0.2, -0.15) is 0 Å². The molecule has 1 nitrogen and oxygen atoms in total. The maximum Gasteiger partial charge on any atom is 0.263 e. The summed E-state index contributed by atoms with van der Waals surface area (Å²) >= 11 is 0. The Labute approximate surface area is 77.9 Å². The van der Waals surface area contributed by atoms with Gasteiger partial charge in [0.15, 0.2) is 0 Å². The van der Waals surface area contributed by atoms with E-state index in [1.54, 1.807) is 0 Å². The second-order valence-corrected chi connectivity index (χ2v) is 4.46. The van der Waals surface area contributed by atoms with Gasteiger partial charge in [0.1, 0.15) is 0 Å². The van der Waals surface area contributed by atoms with Gasteiger partial charge in [-0.05, 0) is 25.3 Å². The standard InChI is InChI=1S/C10H17F2N/c11-10(12)7-13-5-4-9(10)6-8-2-1-3-8/h8-9,13H,1-7H2. The van der Waals surface area contributed by atoms with Crippen LogP contribution in [0.3, 0.4) is 0 Å². The number of hydrogen-bond acceptors (Lipinski definition) is 1. The van der Waals surface area contributed by atoms with Crippen molar-refractivity contribution in [3.8, 4) is 0 Å². The molecule has 0 aromatic rings. The molecule has 1 aliphatic carbocycles. The fourth-order valence-electron chi connectivity index (χ4n) is 2.31. The number of rotatable bonds is 2. The first-order chi connectivity index (χ1) is 6.18. The molecule has 1 heterocycles. The van der Waals surface area contributed by atoms with Gasteiger partial charge in [0, 0.05) is 5.92 Å². The summed E-state index contributed by atoms with van der Waals surface area (Å²) in [6, 6.07) is 0. The minimum atomic E-state index is -2.45. The van der Waals surface area contributed by atoms with E-state index in [2.05, 4.69) is 5.32 Å². The lowest BCUT2D eigenvalue weighted by Gasteiger charge is -2.36. The van der Waals surface area contributed by atoms with Crippen molar-refractivity contribution in [1.82, 2.24) is 5.32 Å². The fourth-order valence-corrected chi connectivity index (χ4v) is 2.31. The maximum absolute atomic E-state index is 13.3. The van der Waals surface area contributed by atoms with E-state index in [4.69, 9.17) is 0 Å². The second-order valence-electron chi connectivity index (χ2n) is 4.46. The summed E-state index contributed by atoms with van der Waals surface area (Å²) in [5.74, 6) is -2.19. The minimum absolute atomic E-state index is 0.107. The molecule has 13 heavy (non-hydrogen) atoms. The van der Waals surface area contributed by atoms with Crippen LogP contribution in [0.25, 0.3) is 0 Å². The zero-order valence-electron chi connectivity index (χ0n) is 7.86. The highest BCUT2D eigenvalue weighted by molar-refractivity contribution is 4.87. The number of nitrogens with one attached hydrogen (secondary N) is 1. The van der Waals surface area contributed by atoms with Crippen LogP contribution in [-0.2, 0) is 0 Å². The molecule has 0 amide bonds. The van der Waals surface area contributed by atoms with Gasteiger partial charge in [0.05, 0.1) is 6.54 Å². The van der Waals surface area contributed by atoms with E-state index in [-0.39, 0.29) is 12.5 Å². The van der Waals surface area contributed by atoms with Crippen molar-refractivity contribution < 1.29 is 8.78 Å². The molecule has 2 aliphatic rings. The summed E-state index contributed by atoms with van der Waals surface area (Å²) < 4.78 is 26.7. The van der Waals surface area contributed by atoms with Gasteiger partial charge < -0.3 is 5.32 Å². The predicted molar refractivity (Wildman–Crippen MR) is 47.9 cm³/mol. The highest BCUT2D eigenvalue weighted by atomic mass is 19.3. The van der Waals surface area contributed by atoms with Crippen molar-refractivity contribution >= 4 is 0 Å². The van der Waals surface area contributed by atoms with Crippen LogP contribution in [0.5, 0.6) is 0 Å². The summed E-state index contributed by atoms with van der Waals surface area (Å²) in [6.07, 6.45) is 5.03. The van der Waals surface area contributed by atoms with Crippen LogP contribution < -0.4 is 5.32 Å². The van der Waals surface area contributed by atoms with Gasteiger partial charge in [0.2, 0.25) is 0 Å². The predicted octanol–water partition coefficient (Wildman–Crippen LogP) is 2.42. The fraction of sp³-hybridized carbons (Fsp3) is 1.00. The topological polar surface area (TPSA) is 12.0 Å². The van der Waals surface area contributed by atoms with E-state index in [0.29, 0.717) is 12.3 Å². The monoisotopic (exact) mass is 189 g/mol. The minimum Gasteiger partial charge on any atom is -0.311 e. The Morgan fingerprint density at radius 2 is 2.00 bits per heavy atom. The van der Waals surface area contributed by atoms with Crippen LogP contribution in [-0.4, -0.2) is 19.0 Å². The smallest absolute Gasteiger partial charge is 0.263 e. The van der Waals surface area contributed by atoms with Gasteiger partial charge in [-0.25, -0.2) is 8.78 Å². The van der Waals surface area contributed by atoms with Crippen molar-refractivity contribution in [2.45, 2.75) is 38.0 Å². The lowest BCUT2D eigenvalue weighted by Crippen LogP contribution is -2.46. The molecule has 0 aromatic heterocycles. The summed E-state index contributed by atoms with van der Waals surface area (Å²) in [6.45, 7) is 0.664. The van der Waals surface area contributed by atoms with Crippen LogP contribution in [0.1, 0.15) is 32.1 Å². The Hall–Kier alpha value is -0.180. The Balaban J connectivity index is 1.87. The molecule has 1 saturated carbocycles. The van der Waals surface area contributed by atoms with Crippen molar-refractivity contribution in [3.63, 3.8) is 0 Å². The zero-order valence-corrected chi connectivity index (χ0v) is 7.86. The maximum atomic E-state index is 13.3. The van der Waals surface area contributed by atoms with Crippen LogP contribution in [0, 0.1) is 11.8 Å². The first-order valence-corrected chi connectivity index (χ1v) is 5.27. The lowest BCUT2D eigenvalue weighted by molar-refractivity contribution is -0.0841. The molecule has 0 bridgehead atoms. The van der Waals surface area contributed by atoms with Gasteiger partial charge in [-0.3, -0.25) is 0 Å². The zero-order chi connectivity index (χ0) is 9.31. The third-order valence-electron chi connectivity index (χ3n) is 3.47. The SMILES string of the molecule is FC1(F)CNCCC1CC1CCC1. The molecule has 1 atom stereocenters. The second kappa shape index (κ2) is 3.52. The number of piperidine rings is 1. The first kappa shape index (κ1) is 9.38. The molecule has 1 unspecified atom stereocenters. The molecule has 76 valence electrons. The first-order valence-electron chi connectivity index (χ1n) is 5.27. The van der Waals surface area contributed by atoms with E-state index >= 15 is 0 Å². The molecule has 2 fully saturated rings. The highest BCUT2D eigenvalue weighted by Crippen LogP contribution is 2.40. The van der Waals surface area contributed by atoms with E-state index in [1.165, 1.54) is 19.3 Å².